The third kappa shape index (κ3) is 3.52. The molecule has 1 amide bonds. The fraction of sp³-hybridized carbons (Fsp3) is 0.652. The number of halogens is 3. The maximum atomic E-state index is 15.2. The van der Waals surface area contributed by atoms with E-state index in [0.717, 1.165) is 19.4 Å². The first-order valence-electron chi connectivity index (χ1n) is 12.2. The minimum atomic E-state index is -1.02. The average molecular weight is 525 g/mol. The smallest absolute Gasteiger partial charge is 0.407 e. The van der Waals surface area contributed by atoms with E-state index in [2.05, 4.69) is 19.9 Å². The first-order chi connectivity index (χ1) is 17.2. The molecule has 0 aromatic carbocycles. The molecular weight excluding hydrogens is 498 g/mol. The van der Waals surface area contributed by atoms with Crippen LogP contribution in [0.15, 0.2) is 0 Å². The molecule has 0 bridgehead atoms. The van der Waals surface area contributed by atoms with Crippen LogP contribution in [0.1, 0.15) is 33.1 Å². The number of alkyl halides is 1. The van der Waals surface area contributed by atoms with E-state index in [9.17, 15) is 14.3 Å². The average Bonchev–Trinajstić information content (AvgIpc) is 3.31. The lowest BCUT2D eigenvalue weighted by molar-refractivity contribution is 0.0757. The van der Waals surface area contributed by atoms with Gasteiger partial charge in [0.2, 0.25) is 5.88 Å². The largest absolute Gasteiger partial charge is 0.472 e. The lowest BCUT2D eigenvalue weighted by Gasteiger charge is -2.46. The van der Waals surface area contributed by atoms with Crippen LogP contribution >= 0.6 is 11.6 Å². The summed E-state index contributed by atoms with van der Waals surface area (Å²) < 4.78 is 41.6. The molecule has 3 fully saturated rings. The van der Waals surface area contributed by atoms with Crippen LogP contribution < -0.4 is 14.4 Å². The molecule has 6 heterocycles. The molecule has 13 heteroatoms. The van der Waals surface area contributed by atoms with Crippen molar-refractivity contribution in [3.05, 3.63) is 11.0 Å². The summed E-state index contributed by atoms with van der Waals surface area (Å²) in [7, 11) is 0. The molecule has 4 aliphatic heterocycles. The highest BCUT2D eigenvalue weighted by Gasteiger charge is 2.50. The third-order valence-corrected chi connectivity index (χ3v) is 8.38. The minimum absolute atomic E-state index is 0.0465. The summed E-state index contributed by atoms with van der Waals surface area (Å²) in [5.41, 5.74) is -0.505. The van der Waals surface area contributed by atoms with E-state index in [1.807, 2.05) is 11.8 Å². The van der Waals surface area contributed by atoms with E-state index in [4.69, 9.17) is 21.1 Å². The fourth-order valence-corrected chi connectivity index (χ4v) is 6.67. The van der Waals surface area contributed by atoms with Crippen LogP contribution in [0, 0.1) is 5.82 Å². The highest BCUT2D eigenvalue weighted by atomic mass is 35.5. The van der Waals surface area contributed by atoms with Gasteiger partial charge in [0, 0.05) is 26.1 Å². The van der Waals surface area contributed by atoms with Crippen molar-refractivity contribution >= 4 is 34.4 Å². The maximum Gasteiger partial charge on any atom is 0.407 e. The summed E-state index contributed by atoms with van der Waals surface area (Å²) in [6, 6.07) is -0.918. The molecule has 0 spiro atoms. The van der Waals surface area contributed by atoms with Crippen LogP contribution in [0.25, 0.3) is 10.9 Å². The van der Waals surface area contributed by atoms with E-state index in [1.165, 1.54) is 4.90 Å². The zero-order chi connectivity index (χ0) is 25.4. The summed E-state index contributed by atoms with van der Waals surface area (Å²) in [6.45, 7) is 5.54. The van der Waals surface area contributed by atoms with Crippen molar-refractivity contribution in [2.45, 2.75) is 63.0 Å². The Labute approximate surface area is 211 Å². The molecule has 2 aromatic heterocycles. The second-order valence-corrected chi connectivity index (χ2v) is 10.5. The summed E-state index contributed by atoms with van der Waals surface area (Å²) in [6.07, 6.45) is -0.296. The number of carboxylic acid groups (broad SMARTS) is 1. The van der Waals surface area contributed by atoms with Crippen molar-refractivity contribution in [1.29, 1.82) is 0 Å². The number of anilines is 1. The highest BCUT2D eigenvalue weighted by Crippen LogP contribution is 2.43. The number of carbonyl (C=O) groups is 1. The van der Waals surface area contributed by atoms with Gasteiger partial charge in [-0.15, -0.1) is 0 Å². The van der Waals surface area contributed by atoms with Crippen molar-refractivity contribution in [1.82, 2.24) is 24.8 Å². The second-order valence-electron chi connectivity index (χ2n) is 10.2. The van der Waals surface area contributed by atoms with Gasteiger partial charge >= 0.3 is 12.1 Å². The van der Waals surface area contributed by atoms with Crippen molar-refractivity contribution in [3.63, 3.8) is 0 Å². The molecule has 2 aromatic rings. The van der Waals surface area contributed by atoms with Crippen molar-refractivity contribution in [3.8, 4) is 11.9 Å². The normalized spacial score (nSPS) is 31.7. The van der Waals surface area contributed by atoms with Crippen LogP contribution in [0.2, 0.25) is 5.15 Å². The van der Waals surface area contributed by atoms with Crippen molar-refractivity contribution in [2.75, 3.05) is 37.7 Å². The third-order valence-electron chi connectivity index (χ3n) is 8.13. The predicted molar refractivity (Wildman–Crippen MR) is 126 cm³/mol. The van der Waals surface area contributed by atoms with Gasteiger partial charge in [-0.25, -0.2) is 13.6 Å². The summed E-state index contributed by atoms with van der Waals surface area (Å²) >= 11 is 6.10. The Kier molecular flexibility index (Phi) is 5.52. The molecule has 0 aliphatic carbocycles. The van der Waals surface area contributed by atoms with E-state index in [1.54, 1.807) is 6.92 Å². The number of rotatable bonds is 3. The summed E-state index contributed by atoms with van der Waals surface area (Å²) in [4.78, 5) is 30.3. The van der Waals surface area contributed by atoms with Gasteiger partial charge in [0.25, 0.3) is 0 Å². The van der Waals surface area contributed by atoms with Crippen molar-refractivity contribution in [2.24, 2.45) is 0 Å². The number of piperazine rings is 1. The quantitative estimate of drug-likeness (QED) is 0.606. The Balaban J connectivity index is 1.43. The first kappa shape index (κ1) is 23.7. The van der Waals surface area contributed by atoms with Crippen molar-refractivity contribution < 1.29 is 28.2 Å². The molecular formula is C23H27ClF2N6O4. The van der Waals surface area contributed by atoms with Crippen LogP contribution in [-0.2, 0) is 0 Å². The van der Waals surface area contributed by atoms with E-state index in [0.29, 0.717) is 25.3 Å². The Morgan fingerprint density at radius 1 is 1.28 bits per heavy atom. The molecule has 0 saturated carbocycles. The fourth-order valence-electron chi connectivity index (χ4n) is 6.50. The number of ether oxygens (including phenoxy) is 2. The van der Waals surface area contributed by atoms with Gasteiger partial charge in [-0.2, -0.15) is 15.0 Å². The topological polar surface area (TPSA) is 104 Å². The van der Waals surface area contributed by atoms with Gasteiger partial charge in [-0.3, -0.25) is 4.90 Å². The summed E-state index contributed by atoms with van der Waals surface area (Å²) in [5.74, 6) is -0.374. The van der Waals surface area contributed by atoms with Crippen LogP contribution in [0.5, 0.6) is 11.9 Å². The number of amides is 1. The van der Waals surface area contributed by atoms with Crippen LogP contribution in [0.3, 0.4) is 0 Å². The molecule has 1 N–H and O–H groups in total. The Hall–Kier alpha value is -2.73. The minimum Gasteiger partial charge on any atom is -0.472 e. The van der Waals surface area contributed by atoms with Gasteiger partial charge in [0.05, 0.1) is 17.6 Å². The van der Waals surface area contributed by atoms with Gasteiger partial charge in [-0.05, 0) is 33.2 Å². The molecule has 3 saturated heterocycles. The lowest BCUT2D eigenvalue weighted by atomic mass is 9.95. The Morgan fingerprint density at radius 2 is 2.08 bits per heavy atom. The zero-order valence-electron chi connectivity index (χ0n) is 20.0. The number of hydrogen-bond acceptors (Lipinski definition) is 8. The molecule has 5 atom stereocenters. The van der Waals surface area contributed by atoms with Gasteiger partial charge in [-0.1, -0.05) is 11.6 Å². The van der Waals surface area contributed by atoms with Crippen LogP contribution in [-0.4, -0.2) is 98.6 Å². The molecule has 194 valence electrons. The molecule has 6 rings (SSSR count). The predicted octanol–water partition coefficient (Wildman–Crippen LogP) is 3.11. The maximum absolute atomic E-state index is 15.2. The number of fused-ring (bicyclic) bond motifs is 3. The molecule has 0 radical (unpaired) electrons. The first-order valence-corrected chi connectivity index (χ1v) is 12.6. The number of hydrogen-bond donors (Lipinski definition) is 1. The van der Waals surface area contributed by atoms with E-state index < -0.39 is 47.0 Å². The number of pyridine rings is 1. The van der Waals surface area contributed by atoms with Gasteiger partial charge < -0.3 is 24.4 Å². The van der Waals surface area contributed by atoms with Gasteiger partial charge in [0.15, 0.2) is 11.0 Å². The number of aromatic nitrogens is 3. The van der Waals surface area contributed by atoms with E-state index >= 15 is 4.39 Å². The molecule has 36 heavy (non-hydrogen) atoms. The molecule has 3 unspecified atom stereocenters. The summed E-state index contributed by atoms with van der Waals surface area (Å²) in [5, 5.41) is 9.55. The number of nitrogens with zero attached hydrogens (tertiary/aromatic N) is 6. The SMILES string of the molecule is CC1Oc2nc(Cl)c(F)c3nc(OC[C@@]45CCCN4C[C@H](F)C5)nc(c23)N2CCN(C(=O)O)C(C)C12. The monoisotopic (exact) mass is 524 g/mol. The lowest BCUT2D eigenvalue weighted by Crippen LogP contribution is -2.64. The highest BCUT2D eigenvalue weighted by molar-refractivity contribution is 6.30. The van der Waals surface area contributed by atoms with Crippen LogP contribution in [0.4, 0.5) is 19.4 Å². The zero-order valence-corrected chi connectivity index (χ0v) is 20.7. The molecule has 4 aliphatic rings. The Morgan fingerprint density at radius 3 is 2.86 bits per heavy atom. The van der Waals surface area contributed by atoms with Gasteiger partial charge in [0.1, 0.15) is 35.6 Å². The molecule has 10 nitrogen and oxygen atoms in total. The Bertz CT molecular complexity index is 1240. The standard InChI is InChI=1S/C23H27ClF2N6O4/c1-11-17-12(2)36-20-14-16(15(26)18(24)28-20)27-21(29-19(14)32(17)7-6-31(11)22(33)34)35-10-23-4-3-5-30(23)9-13(25)8-23/h11-13,17H,3-10H2,1-2H3,(H,33,34)/t11?,12?,13-,17?,23+/m1/s1. The second kappa shape index (κ2) is 8.41. The van der Waals surface area contributed by atoms with E-state index in [-0.39, 0.29) is 35.9 Å².